The number of fused-ring (bicyclic) bond motifs is 1. The Bertz CT molecular complexity index is 971. The minimum Gasteiger partial charge on any atom is -0.443 e. The van der Waals surface area contributed by atoms with Gasteiger partial charge in [-0.3, -0.25) is 4.57 Å². The topological polar surface area (TPSA) is 51.5 Å². The van der Waals surface area contributed by atoms with Gasteiger partial charge in [-0.2, -0.15) is 13.2 Å². The van der Waals surface area contributed by atoms with E-state index >= 15 is 0 Å². The van der Waals surface area contributed by atoms with E-state index in [9.17, 15) is 23.1 Å². The van der Waals surface area contributed by atoms with Crippen molar-refractivity contribution < 1.29 is 27.8 Å². The average molecular weight is 426 g/mol. The van der Waals surface area contributed by atoms with Crippen molar-refractivity contribution in [3.63, 3.8) is 0 Å². The predicted molar refractivity (Wildman–Crippen MR) is 109 cm³/mol. The summed E-state index contributed by atoms with van der Waals surface area (Å²) in [4.78, 5) is 12.6. The number of para-hydroxylation sites is 1. The second-order valence-electron chi connectivity index (χ2n) is 9.00. The van der Waals surface area contributed by atoms with Crippen molar-refractivity contribution in [2.45, 2.75) is 64.2 Å². The summed E-state index contributed by atoms with van der Waals surface area (Å²) in [5.74, 6) is 2.53. The van der Waals surface area contributed by atoms with Crippen molar-refractivity contribution in [2.75, 3.05) is 0 Å². The lowest BCUT2D eigenvalue weighted by Gasteiger charge is -2.28. The van der Waals surface area contributed by atoms with Gasteiger partial charge in [0.2, 0.25) is 0 Å². The molecule has 0 spiro atoms. The molecule has 1 N–H and O–H groups in total. The van der Waals surface area contributed by atoms with E-state index in [0.29, 0.717) is 0 Å². The Balaban J connectivity index is 2.67. The van der Waals surface area contributed by atoms with E-state index in [1.165, 1.54) is 12.1 Å². The summed E-state index contributed by atoms with van der Waals surface area (Å²) in [5, 5.41) is 10.9. The first-order chi connectivity index (χ1) is 13.1. The maximum absolute atomic E-state index is 14.0. The number of carbonyl (C=O) groups is 1. The standard InChI is InChI=1S/C21H26F3NO3Si/c1-19(2,3)28-18(26)25-14-16(15-10-7-8-11-17(15)25)20(27,21(22,23)24)12-9-13-29(4,5)6/h7-8,10-11,14,27H,12H2,1-6H3/t20-/m1/s1. The molecule has 2 rings (SSSR count). The van der Waals surface area contributed by atoms with Crippen LogP contribution in [0.1, 0.15) is 32.8 Å². The molecule has 4 nitrogen and oxygen atoms in total. The quantitative estimate of drug-likeness (QED) is 0.515. The molecule has 0 saturated carbocycles. The highest BCUT2D eigenvalue weighted by Gasteiger charge is 2.56. The van der Waals surface area contributed by atoms with Crippen molar-refractivity contribution in [2.24, 2.45) is 0 Å². The number of aromatic nitrogens is 1. The summed E-state index contributed by atoms with van der Waals surface area (Å²) in [6.07, 6.45) is -5.62. The number of hydrogen-bond acceptors (Lipinski definition) is 3. The fourth-order valence-electron chi connectivity index (χ4n) is 2.76. The Hall–Kier alpha value is -2.24. The highest BCUT2D eigenvalue weighted by atomic mass is 28.3. The Morgan fingerprint density at radius 3 is 2.28 bits per heavy atom. The van der Waals surface area contributed by atoms with E-state index in [2.05, 4.69) is 11.5 Å². The van der Waals surface area contributed by atoms with Gasteiger partial charge < -0.3 is 9.84 Å². The van der Waals surface area contributed by atoms with E-state index in [-0.39, 0.29) is 10.9 Å². The van der Waals surface area contributed by atoms with Crippen LogP contribution in [0, 0.1) is 11.5 Å². The molecule has 0 saturated heterocycles. The van der Waals surface area contributed by atoms with Gasteiger partial charge >= 0.3 is 12.3 Å². The minimum atomic E-state index is -4.98. The van der Waals surface area contributed by atoms with Gasteiger partial charge in [-0.15, -0.1) is 11.5 Å². The molecule has 1 atom stereocenters. The summed E-state index contributed by atoms with van der Waals surface area (Å²) in [5.41, 5.74) is -1.38. The molecule has 29 heavy (non-hydrogen) atoms. The zero-order valence-electron chi connectivity index (χ0n) is 17.4. The molecule has 8 heteroatoms. The predicted octanol–water partition coefficient (Wildman–Crippen LogP) is 5.45. The maximum Gasteiger partial charge on any atom is 0.422 e. The molecule has 0 aliphatic rings. The molecule has 0 aliphatic carbocycles. The lowest BCUT2D eigenvalue weighted by atomic mass is 9.89. The van der Waals surface area contributed by atoms with Gasteiger partial charge in [-0.05, 0) is 26.8 Å². The van der Waals surface area contributed by atoms with Crippen LogP contribution in [0.2, 0.25) is 19.6 Å². The largest absolute Gasteiger partial charge is 0.443 e. The zero-order valence-corrected chi connectivity index (χ0v) is 18.4. The van der Waals surface area contributed by atoms with Gasteiger partial charge in [-0.1, -0.05) is 37.8 Å². The second-order valence-corrected chi connectivity index (χ2v) is 13.7. The van der Waals surface area contributed by atoms with Gasteiger partial charge in [-0.25, -0.2) is 4.79 Å². The third kappa shape index (κ3) is 5.22. The van der Waals surface area contributed by atoms with Crippen molar-refractivity contribution in [1.82, 2.24) is 4.57 Å². The summed E-state index contributed by atoms with van der Waals surface area (Å²) < 4.78 is 48.3. The number of ether oxygens (including phenoxy) is 1. The second kappa shape index (κ2) is 7.54. The number of nitrogens with zero attached hydrogens (tertiary/aromatic N) is 1. The summed E-state index contributed by atoms with van der Waals surface area (Å²) in [6, 6.07) is 6.10. The number of aliphatic hydroxyl groups is 1. The molecule has 158 valence electrons. The smallest absolute Gasteiger partial charge is 0.422 e. The molecular weight excluding hydrogens is 399 g/mol. The van der Waals surface area contributed by atoms with Crippen LogP contribution in [0.5, 0.6) is 0 Å². The van der Waals surface area contributed by atoms with Crippen LogP contribution < -0.4 is 0 Å². The summed E-state index contributed by atoms with van der Waals surface area (Å²) in [7, 11) is -1.93. The highest BCUT2D eigenvalue weighted by molar-refractivity contribution is 6.83. The number of halogens is 3. The fraction of sp³-hybridized carbons (Fsp3) is 0.476. The van der Waals surface area contributed by atoms with Crippen molar-refractivity contribution in [3.05, 3.63) is 36.0 Å². The van der Waals surface area contributed by atoms with Crippen molar-refractivity contribution in [1.29, 1.82) is 0 Å². The first-order valence-corrected chi connectivity index (χ1v) is 12.7. The Kier molecular flexibility index (Phi) is 5.99. The molecule has 0 aliphatic heterocycles. The molecule has 1 heterocycles. The number of rotatable bonds is 2. The molecule has 0 fully saturated rings. The van der Waals surface area contributed by atoms with Gasteiger partial charge in [0.05, 0.1) is 11.9 Å². The highest BCUT2D eigenvalue weighted by Crippen LogP contribution is 2.44. The monoisotopic (exact) mass is 425 g/mol. The van der Waals surface area contributed by atoms with Crippen LogP contribution in [-0.4, -0.2) is 35.6 Å². The van der Waals surface area contributed by atoms with Gasteiger partial charge in [0.1, 0.15) is 13.7 Å². The number of hydrogen-bond donors (Lipinski definition) is 1. The van der Waals surface area contributed by atoms with Crippen molar-refractivity contribution >= 4 is 25.1 Å². The van der Waals surface area contributed by atoms with Crippen LogP contribution in [0.15, 0.2) is 30.5 Å². The molecule has 1 aromatic carbocycles. The van der Waals surface area contributed by atoms with Gasteiger partial charge in [0.25, 0.3) is 0 Å². The molecule has 0 unspecified atom stereocenters. The number of alkyl halides is 3. The molecule has 2 aromatic rings. The van der Waals surface area contributed by atoms with Crippen molar-refractivity contribution in [3.8, 4) is 11.5 Å². The lowest BCUT2D eigenvalue weighted by Crippen LogP contribution is -2.42. The average Bonchev–Trinajstić information content (AvgIpc) is 2.91. The minimum absolute atomic E-state index is 0.119. The number of carbonyl (C=O) groups excluding carboxylic acids is 1. The van der Waals surface area contributed by atoms with E-state index in [1.54, 1.807) is 32.9 Å². The normalized spacial score (nSPS) is 14.8. The SMILES string of the molecule is CC(C)(C)OC(=O)n1cc([C@](O)(CC#C[Si](C)(C)C)C(F)(F)F)c2ccccc21. The molecule has 0 amide bonds. The maximum atomic E-state index is 14.0. The van der Waals surface area contributed by atoms with E-state index in [1.807, 2.05) is 19.6 Å². The van der Waals surface area contributed by atoms with Gasteiger partial charge in [0, 0.05) is 17.1 Å². The first-order valence-electron chi connectivity index (χ1n) is 9.18. The molecule has 1 aromatic heterocycles. The Labute approximate surface area is 169 Å². The van der Waals surface area contributed by atoms with E-state index < -0.39 is 43.5 Å². The lowest BCUT2D eigenvalue weighted by molar-refractivity contribution is -0.264. The zero-order chi connectivity index (χ0) is 22.3. The Morgan fingerprint density at radius 1 is 1.17 bits per heavy atom. The van der Waals surface area contributed by atoms with Crippen LogP contribution >= 0.6 is 0 Å². The number of benzene rings is 1. The van der Waals surface area contributed by atoms with Gasteiger partial charge in [0.15, 0.2) is 5.60 Å². The van der Waals surface area contributed by atoms with Crippen LogP contribution in [0.25, 0.3) is 10.9 Å². The van der Waals surface area contributed by atoms with Crippen LogP contribution in [0.4, 0.5) is 18.0 Å². The van der Waals surface area contributed by atoms with E-state index in [4.69, 9.17) is 4.74 Å². The van der Waals surface area contributed by atoms with E-state index in [0.717, 1.165) is 10.8 Å². The third-order valence-electron chi connectivity index (χ3n) is 4.02. The Morgan fingerprint density at radius 2 is 1.76 bits per heavy atom. The summed E-state index contributed by atoms with van der Waals surface area (Å²) in [6.45, 7) is 10.7. The molecular formula is C21H26F3NO3Si. The summed E-state index contributed by atoms with van der Waals surface area (Å²) >= 11 is 0. The molecule has 0 bridgehead atoms. The fourth-order valence-corrected chi connectivity index (χ4v) is 3.38. The van der Waals surface area contributed by atoms with Crippen LogP contribution in [-0.2, 0) is 10.3 Å². The molecule has 0 radical (unpaired) electrons. The van der Waals surface area contributed by atoms with Crippen LogP contribution in [0.3, 0.4) is 0 Å². The first kappa shape index (κ1) is 23.0. The third-order valence-corrected chi connectivity index (χ3v) is 4.95.